The number of nitrogens with one attached hydrogen (secondary N) is 1. The highest BCUT2D eigenvalue weighted by molar-refractivity contribution is 5.77. The normalized spacial score (nSPS) is 21.2. The van der Waals surface area contributed by atoms with E-state index in [1.807, 2.05) is 24.8 Å². The van der Waals surface area contributed by atoms with Crippen LogP contribution in [-0.4, -0.2) is 36.5 Å². The number of benzene rings is 1. The lowest BCUT2D eigenvalue weighted by Gasteiger charge is -2.34. The molecule has 1 saturated heterocycles. The lowest BCUT2D eigenvalue weighted by Crippen LogP contribution is -2.52. The van der Waals surface area contributed by atoms with Crippen molar-refractivity contribution in [2.24, 2.45) is 0 Å². The minimum absolute atomic E-state index is 0.0872. The van der Waals surface area contributed by atoms with E-state index in [2.05, 4.69) is 5.32 Å². The quantitative estimate of drug-likeness (QED) is 0.907. The van der Waals surface area contributed by atoms with E-state index in [1.54, 1.807) is 12.1 Å². The SMILES string of the molecule is CC(CC(=O)N1CCNC[C@@H]1C)c1ccccc1F. The second-order valence-electron chi connectivity index (χ2n) is 5.27. The van der Waals surface area contributed by atoms with Crippen LogP contribution in [0, 0.1) is 5.82 Å². The van der Waals surface area contributed by atoms with E-state index in [9.17, 15) is 9.18 Å². The van der Waals surface area contributed by atoms with Crippen molar-refractivity contribution in [2.75, 3.05) is 19.6 Å². The minimum atomic E-state index is -0.226. The van der Waals surface area contributed by atoms with Crippen LogP contribution in [0.2, 0.25) is 0 Å². The molecule has 0 radical (unpaired) electrons. The first kappa shape index (κ1) is 14.0. The van der Waals surface area contributed by atoms with Crippen molar-refractivity contribution >= 4 is 5.91 Å². The molecule has 2 rings (SSSR count). The Morgan fingerprint density at radius 2 is 2.26 bits per heavy atom. The summed E-state index contributed by atoms with van der Waals surface area (Å²) in [6, 6.07) is 6.91. The van der Waals surface area contributed by atoms with E-state index < -0.39 is 0 Å². The monoisotopic (exact) mass is 264 g/mol. The summed E-state index contributed by atoms with van der Waals surface area (Å²) in [6.07, 6.45) is 0.366. The molecular formula is C15H21FN2O. The van der Waals surface area contributed by atoms with Crippen LogP contribution in [0.15, 0.2) is 24.3 Å². The maximum atomic E-state index is 13.7. The van der Waals surface area contributed by atoms with Gasteiger partial charge in [-0.05, 0) is 24.5 Å². The average Bonchev–Trinajstić information content (AvgIpc) is 2.39. The Labute approximate surface area is 113 Å². The molecule has 1 fully saturated rings. The Kier molecular flexibility index (Phi) is 4.53. The van der Waals surface area contributed by atoms with Gasteiger partial charge in [0.1, 0.15) is 5.82 Å². The zero-order valence-electron chi connectivity index (χ0n) is 11.5. The first-order chi connectivity index (χ1) is 9.09. The number of carbonyl (C=O) groups is 1. The predicted octanol–water partition coefficient (Wildman–Crippen LogP) is 2.14. The van der Waals surface area contributed by atoms with Crippen molar-refractivity contribution < 1.29 is 9.18 Å². The van der Waals surface area contributed by atoms with Crippen LogP contribution in [0.1, 0.15) is 31.7 Å². The Morgan fingerprint density at radius 3 is 2.95 bits per heavy atom. The summed E-state index contributed by atoms with van der Waals surface area (Å²) in [6.45, 7) is 6.36. The average molecular weight is 264 g/mol. The smallest absolute Gasteiger partial charge is 0.223 e. The van der Waals surface area contributed by atoms with Crippen molar-refractivity contribution in [3.05, 3.63) is 35.6 Å². The zero-order valence-corrected chi connectivity index (χ0v) is 11.5. The number of rotatable bonds is 3. The minimum Gasteiger partial charge on any atom is -0.337 e. The number of piperazine rings is 1. The van der Waals surface area contributed by atoms with Crippen molar-refractivity contribution in [2.45, 2.75) is 32.2 Å². The first-order valence-electron chi connectivity index (χ1n) is 6.84. The van der Waals surface area contributed by atoms with E-state index in [0.29, 0.717) is 12.0 Å². The van der Waals surface area contributed by atoms with Crippen LogP contribution in [0.5, 0.6) is 0 Å². The van der Waals surface area contributed by atoms with Gasteiger partial charge in [0.2, 0.25) is 5.91 Å². The van der Waals surface area contributed by atoms with Crippen molar-refractivity contribution in [1.82, 2.24) is 10.2 Å². The van der Waals surface area contributed by atoms with Gasteiger partial charge in [0, 0.05) is 32.1 Å². The van der Waals surface area contributed by atoms with Crippen LogP contribution in [0.3, 0.4) is 0 Å². The van der Waals surface area contributed by atoms with Gasteiger partial charge in [-0.25, -0.2) is 4.39 Å². The molecule has 0 bridgehead atoms. The van der Waals surface area contributed by atoms with Crippen LogP contribution in [-0.2, 0) is 4.79 Å². The van der Waals surface area contributed by atoms with Crippen LogP contribution < -0.4 is 5.32 Å². The molecule has 0 saturated carbocycles. The number of hydrogen-bond donors (Lipinski definition) is 1. The van der Waals surface area contributed by atoms with Gasteiger partial charge < -0.3 is 10.2 Å². The molecular weight excluding hydrogens is 243 g/mol. The van der Waals surface area contributed by atoms with Gasteiger partial charge >= 0.3 is 0 Å². The Balaban J connectivity index is 2.00. The number of nitrogens with zero attached hydrogens (tertiary/aromatic N) is 1. The van der Waals surface area contributed by atoms with Crippen molar-refractivity contribution in [1.29, 1.82) is 0 Å². The second kappa shape index (κ2) is 6.15. The Hall–Kier alpha value is -1.42. The molecule has 104 valence electrons. The molecule has 0 aromatic heterocycles. The highest BCUT2D eigenvalue weighted by atomic mass is 19.1. The fourth-order valence-corrected chi connectivity index (χ4v) is 2.58. The van der Waals surface area contributed by atoms with Gasteiger partial charge in [0.15, 0.2) is 0 Å². The lowest BCUT2D eigenvalue weighted by molar-refractivity contribution is -0.134. The molecule has 1 aliphatic rings. The van der Waals surface area contributed by atoms with Gasteiger partial charge in [-0.2, -0.15) is 0 Å². The topological polar surface area (TPSA) is 32.3 Å². The maximum absolute atomic E-state index is 13.7. The number of hydrogen-bond acceptors (Lipinski definition) is 2. The summed E-state index contributed by atoms with van der Waals surface area (Å²) < 4.78 is 13.7. The molecule has 1 unspecified atom stereocenters. The molecule has 1 aromatic rings. The second-order valence-corrected chi connectivity index (χ2v) is 5.27. The summed E-state index contributed by atoms with van der Waals surface area (Å²) in [7, 11) is 0. The Morgan fingerprint density at radius 1 is 1.53 bits per heavy atom. The molecule has 1 N–H and O–H groups in total. The molecule has 3 nitrogen and oxygen atoms in total. The van der Waals surface area contributed by atoms with Crippen LogP contribution >= 0.6 is 0 Å². The number of carbonyl (C=O) groups excluding carboxylic acids is 1. The van der Waals surface area contributed by atoms with Gasteiger partial charge in [0.05, 0.1) is 0 Å². The molecule has 2 atom stereocenters. The molecule has 1 amide bonds. The molecule has 4 heteroatoms. The molecule has 19 heavy (non-hydrogen) atoms. The van der Waals surface area contributed by atoms with Gasteiger partial charge in [-0.15, -0.1) is 0 Å². The highest BCUT2D eigenvalue weighted by Crippen LogP contribution is 2.23. The summed E-state index contributed by atoms with van der Waals surface area (Å²) >= 11 is 0. The lowest BCUT2D eigenvalue weighted by atomic mass is 9.96. The summed E-state index contributed by atoms with van der Waals surface area (Å²) in [5.41, 5.74) is 0.624. The molecule has 0 spiro atoms. The predicted molar refractivity (Wildman–Crippen MR) is 73.5 cm³/mol. The Bertz CT molecular complexity index is 450. The third-order valence-corrected chi connectivity index (χ3v) is 3.74. The first-order valence-corrected chi connectivity index (χ1v) is 6.84. The molecule has 1 heterocycles. The zero-order chi connectivity index (χ0) is 13.8. The van der Waals surface area contributed by atoms with Crippen molar-refractivity contribution in [3.8, 4) is 0 Å². The largest absolute Gasteiger partial charge is 0.337 e. The van der Waals surface area contributed by atoms with Crippen LogP contribution in [0.4, 0.5) is 4.39 Å². The molecule has 1 aromatic carbocycles. The maximum Gasteiger partial charge on any atom is 0.223 e. The van der Waals surface area contributed by atoms with E-state index in [4.69, 9.17) is 0 Å². The third-order valence-electron chi connectivity index (χ3n) is 3.74. The summed E-state index contributed by atoms with van der Waals surface area (Å²) in [5.74, 6) is -0.198. The van der Waals surface area contributed by atoms with Gasteiger partial charge in [-0.1, -0.05) is 25.1 Å². The van der Waals surface area contributed by atoms with Gasteiger partial charge in [-0.3, -0.25) is 4.79 Å². The summed E-state index contributed by atoms with van der Waals surface area (Å²) in [4.78, 5) is 14.2. The number of amides is 1. The third kappa shape index (κ3) is 3.32. The van der Waals surface area contributed by atoms with E-state index >= 15 is 0 Å². The molecule has 0 aliphatic carbocycles. The highest BCUT2D eigenvalue weighted by Gasteiger charge is 2.25. The van der Waals surface area contributed by atoms with Crippen molar-refractivity contribution in [3.63, 3.8) is 0 Å². The number of halogens is 1. The van der Waals surface area contributed by atoms with E-state index in [-0.39, 0.29) is 23.7 Å². The molecule has 1 aliphatic heterocycles. The summed E-state index contributed by atoms with van der Waals surface area (Å²) in [5, 5.41) is 3.26. The van der Waals surface area contributed by atoms with E-state index in [1.165, 1.54) is 6.07 Å². The van der Waals surface area contributed by atoms with E-state index in [0.717, 1.165) is 19.6 Å². The fraction of sp³-hybridized carbons (Fsp3) is 0.533. The van der Waals surface area contributed by atoms with Crippen LogP contribution in [0.25, 0.3) is 0 Å². The van der Waals surface area contributed by atoms with Gasteiger partial charge in [0.25, 0.3) is 0 Å². The fourth-order valence-electron chi connectivity index (χ4n) is 2.58. The standard InChI is InChI=1S/C15H21FN2O/c1-11(13-5-3-4-6-14(13)16)9-15(19)18-8-7-17-10-12(18)2/h3-6,11-12,17H,7-10H2,1-2H3/t11?,12-/m0/s1.